The maximum absolute atomic E-state index is 8.97. The van der Waals surface area contributed by atoms with Crippen molar-refractivity contribution in [3.05, 3.63) is 35.8 Å². The zero-order valence-electron chi connectivity index (χ0n) is 5.78. The van der Waals surface area contributed by atoms with Crippen LogP contribution in [0.15, 0.2) is 35.8 Å². The summed E-state index contributed by atoms with van der Waals surface area (Å²) in [4.78, 5) is 0. The van der Waals surface area contributed by atoms with Gasteiger partial charge in [0.05, 0.1) is 0 Å². The van der Waals surface area contributed by atoms with E-state index < -0.39 is 0 Å². The summed E-state index contributed by atoms with van der Waals surface area (Å²) < 4.78 is 0. The minimum atomic E-state index is -0.0689. The lowest BCUT2D eigenvalue weighted by Gasteiger charge is -1.90. The van der Waals surface area contributed by atoms with Gasteiger partial charge in [-0.15, -0.1) is 0 Å². The van der Waals surface area contributed by atoms with E-state index in [0.29, 0.717) is 0 Å². The van der Waals surface area contributed by atoms with E-state index in [1.54, 1.807) is 0 Å². The molecule has 0 aliphatic heterocycles. The van der Waals surface area contributed by atoms with Crippen LogP contribution >= 0.6 is 0 Å². The van der Waals surface area contributed by atoms with Gasteiger partial charge in [-0.1, -0.05) is 19.1 Å². The zero-order chi connectivity index (χ0) is 7.56. The number of aliphatic hydroxyl groups excluding tert-OH is 2. The SMILES string of the molecule is CC1C=CC(O)=C(O)C=C1. The van der Waals surface area contributed by atoms with E-state index in [9.17, 15) is 0 Å². The van der Waals surface area contributed by atoms with Gasteiger partial charge in [0.25, 0.3) is 0 Å². The van der Waals surface area contributed by atoms with Gasteiger partial charge in [-0.05, 0) is 18.1 Å². The van der Waals surface area contributed by atoms with E-state index in [0.717, 1.165) is 0 Å². The largest absolute Gasteiger partial charge is 0.504 e. The highest BCUT2D eigenvalue weighted by molar-refractivity contribution is 5.27. The van der Waals surface area contributed by atoms with Crippen LogP contribution in [0.5, 0.6) is 0 Å². The Morgan fingerprint density at radius 3 is 1.90 bits per heavy atom. The van der Waals surface area contributed by atoms with Crippen molar-refractivity contribution in [2.75, 3.05) is 0 Å². The van der Waals surface area contributed by atoms with Crippen molar-refractivity contribution < 1.29 is 10.2 Å². The quantitative estimate of drug-likeness (QED) is 0.538. The molecule has 2 heteroatoms. The predicted molar refractivity (Wildman–Crippen MR) is 39.7 cm³/mol. The average molecular weight is 138 g/mol. The third-order valence-corrected chi connectivity index (χ3v) is 1.38. The molecule has 54 valence electrons. The standard InChI is InChI=1S/C8H10O2/c1-6-2-4-7(9)8(10)5-3-6/h2-6,9-10H,1H3. The lowest BCUT2D eigenvalue weighted by Crippen LogP contribution is -1.80. The van der Waals surface area contributed by atoms with E-state index in [-0.39, 0.29) is 17.4 Å². The van der Waals surface area contributed by atoms with Gasteiger partial charge in [-0.2, -0.15) is 0 Å². The summed E-state index contributed by atoms with van der Waals surface area (Å²) in [5.41, 5.74) is 0. The fourth-order valence-corrected chi connectivity index (χ4v) is 0.721. The predicted octanol–water partition coefficient (Wildman–Crippen LogP) is 2.08. The van der Waals surface area contributed by atoms with Gasteiger partial charge in [-0.3, -0.25) is 0 Å². The normalized spacial score (nSPS) is 19.7. The molecule has 1 aliphatic carbocycles. The first-order valence-electron chi connectivity index (χ1n) is 3.19. The summed E-state index contributed by atoms with van der Waals surface area (Å²) in [6.45, 7) is 1.97. The van der Waals surface area contributed by atoms with E-state index >= 15 is 0 Å². The van der Waals surface area contributed by atoms with Crippen molar-refractivity contribution in [2.24, 2.45) is 5.92 Å². The number of hydrogen-bond donors (Lipinski definition) is 2. The molecule has 0 aromatic carbocycles. The van der Waals surface area contributed by atoms with E-state index in [1.165, 1.54) is 12.2 Å². The molecule has 0 radical (unpaired) electrons. The van der Waals surface area contributed by atoms with E-state index in [4.69, 9.17) is 10.2 Å². The summed E-state index contributed by atoms with van der Waals surface area (Å²) in [5, 5.41) is 17.9. The molecule has 0 spiro atoms. The van der Waals surface area contributed by atoms with Crippen LogP contribution in [0.3, 0.4) is 0 Å². The third kappa shape index (κ3) is 1.41. The first-order chi connectivity index (χ1) is 4.70. The Bertz CT molecular complexity index is 189. The van der Waals surface area contributed by atoms with Crippen LogP contribution in [0.25, 0.3) is 0 Å². The maximum Gasteiger partial charge on any atom is 0.157 e. The molecule has 0 saturated heterocycles. The highest BCUT2D eigenvalue weighted by Gasteiger charge is 2.01. The van der Waals surface area contributed by atoms with Gasteiger partial charge in [0.15, 0.2) is 11.5 Å². The summed E-state index contributed by atoms with van der Waals surface area (Å²) in [7, 11) is 0. The lowest BCUT2D eigenvalue weighted by molar-refractivity contribution is 0.352. The first-order valence-corrected chi connectivity index (χ1v) is 3.19. The Labute approximate surface area is 59.8 Å². The number of aliphatic hydroxyl groups is 2. The third-order valence-electron chi connectivity index (χ3n) is 1.38. The van der Waals surface area contributed by atoms with Crippen LogP contribution in [-0.4, -0.2) is 10.2 Å². The molecule has 0 heterocycles. The van der Waals surface area contributed by atoms with Crippen LogP contribution in [0, 0.1) is 5.92 Å². The molecule has 0 saturated carbocycles. The Morgan fingerprint density at radius 2 is 1.50 bits per heavy atom. The first kappa shape index (κ1) is 6.93. The van der Waals surface area contributed by atoms with Gasteiger partial charge in [-0.25, -0.2) is 0 Å². The summed E-state index contributed by atoms with van der Waals surface area (Å²) >= 11 is 0. The molecule has 0 unspecified atom stereocenters. The number of allylic oxidation sites excluding steroid dienone is 4. The van der Waals surface area contributed by atoms with Crippen molar-refractivity contribution >= 4 is 0 Å². The Hall–Kier alpha value is -1.18. The topological polar surface area (TPSA) is 40.5 Å². The minimum Gasteiger partial charge on any atom is -0.504 e. The van der Waals surface area contributed by atoms with E-state index in [2.05, 4.69) is 0 Å². The van der Waals surface area contributed by atoms with Crippen molar-refractivity contribution in [3.63, 3.8) is 0 Å². The molecule has 0 fully saturated rings. The molecule has 2 nitrogen and oxygen atoms in total. The molecule has 1 aliphatic rings. The Kier molecular flexibility index (Phi) is 1.81. The van der Waals surface area contributed by atoms with Crippen molar-refractivity contribution in [2.45, 2.75) is 6.92 Å². The second-order valence-corrected chi connectivity index (χ2v) is 2.35. The second kappa shape index (κ2) is 2.60. The number of rotatable bonds is 0. The monoisotopic (exact) mass is 138 g/mol. The van der Waals surface area contributed by atoms with Crippen LogP contribution in [0.4, 0.5) is 0 Å². The van der Waals surface area contributed by atoms with Gasteiger partial charge in [0.2, 0.25) is 0 Å². The van der Waals surface area contributed by atoms with Gasteiger partial charge in [0.1, 0.15) is 0 Å². The molecule has 0 atom stereocenters. The Balaban J connectivity index is 2.91. The van der Waals surface area contributed by atoms with Gasteiger partial charge < -0.3 is 10.2 Å². The van der Waals surface area contributed by atoms with Crippen LogP contribution in [0.1, 0.15) is 6.92 Å². The molecule has 2 N–H and O–H groups in total. The smallest absolute Gasteiger partial charge is 0.157 e. The van der Waals surface area contributed by atoms with Gasteiger partial charge >= 0.3 is 0 Å². The maximum atomic E-state index is 8.97. The molecule has 0 aromatic rings. The summed E-state index contributed by atoms with van der Waals surface area (Å²) in [5.74, 6) is 0.132. The fraction of sp³-hybridized carbons (Fsp3) is 0.250. The van der Waals surface area contributed by atoms with Crippen LogP contribution in [0.2, 0.25) is 0 Å². The minimum absolute atomic E-state index is 0.0689. The second-order valence-electron chi connectivity index (χ2n) is 2.35. The summed E-state index contributed by atoms with van der Waals surface area (Å²) in [6.07, 6.45) is 6.63. The van der Waals surface area contributed by atoms with Crippen LogP contribution in [-0.2, 0) is 0 Å². The fourth-order valence-electron chi connectivity index (χ4n) is 0.721. The van der Waals surface area contributed by atoms with Crippen LogP contribution < -0.4 is 0 Å². The molecule has 1 rings (SSSR count). The average Bonchev–Trinajstić information content (AvgIpc) is 2.04. The molecule has 0 amide bonds. The van der Waals surface area contributed by atoms with E-state index in [1.807, 2.05) is 19.1 Å². The lowest BCUT2D eigenvalue weighted by atomic mass is 10.2. The zero-order valence-corrected chi connectivity index (χ0v) is 5.78. The van der Waals surface area contributed by atoms with Crippen molar-refractivity contribution in [1.29, 1.82) is 0 Å². The van der Waals surface area contributed by atoms with Crippen molar-refractivity contribution in [1.82, 2.24) is 0 Å². The number of hydrogen-bond acceptors (Lipinski definition) is 2. The highest BCUT2D eigenvalue weighted by atomic mass is 16.3. The highest BCUT2D eigenvalue weighted by Crippen LogP contribution is 2.11. The molecule has 10 heavy (non-hydrogen) atoms. The molecular formula is C8H10O2. The van der Waals surface area contributed by atoms with Gasteiger partial charge in [0, 0.05) is 0 Å². The summed E-state index contributed by atoms with van der Waals surface area (Å²) in [6, 6.07) is 0. The van der Waals surface area contributed by atoms with Crippen molar-refractivity contribution in [3.8, 4) is 0 Å². The Morgan fingerprint density at radius 1 is 1.10 bits per heavy atom. The molecule has 0 bridgehead atoms. The molecular weight excluding hydrogens is 128 g/mol. The molecule has 0 aromatic heterocycles.